The van der Waals surface area contributed by atoms with Crippen LogP contribution in [0, 0.1) is 5.41 Å². The Hall–Kier alpha value is -3.17. The molecule has 0 radical (unpaired) electrons. The lowest BCUT2D eigenvalue weighted by molar-refractivity contribution is -0.671. The quantitative estimate of drug-likeness (QED) is 0.315. The number of hydrogen-bond donors (Lipinski definition) is 4. The average molecular weight is 404 g/mol. The Bertz CT molecular complexity index is 913. The monoisotopic (exact) mass is 403 g/mol. The Morgan fingerprint density at radius 1 is 1.25 bits per heavy atom. The Kier molecular flexibility index (Phi) is 6.91. The van der Waals surface area contributed by atoms with Gasteiger partial charge in [0.1, 0.15) is 25.1 Å². The first-order chi connectivity index (χ1) is 13.0. The van der Waals surface area contributed by atoms with Crippen LogP contribution in [0.15, 0.2) is 46.8 Å². The summed E-state index contributed by atoms with van der Waals surface area (Å²) in [4.78, 5) is 4.43. The molecule has 10 heteroatoms. The summed E-state index contributed by atoms with van der Waals surface area (Å²) >= 11 is 0. The summed E-state index contributed by atoms with van der Waals surface area (Å²) < 4.78 is 7.32. The van der Waals surface area contributed by atoms with E-state index in [1.54, 1.807) is 17.1 Å². The van der Waals surface area contributed by atoms with Crippen molar-refractivity contribution in [3.8, 4) is 5.75 Å². The van der Waals surface area contributed by atoms with Gasteiger partial charge in [-0.1, -0.05) is 0 Å². The van der Waals surface area contributed by atoms with Crippen LogP contribution >= 0.6 is 0 Å². The summed E-state index contributed by atoms with van der Waals surface area (Å²) in [6, 6.07) is 7.08. The molecule has 1 aliphatic rings. The Labute approximate surface area is 168 Å². The fourth-order valence-electron chi connectivity index (χ4n) is 2.50. The van der Waals surface area contributed by atoms with Crippen LogP contribution in [0.5, 0.6) is 5.75 Å². The van der Waals surface area contributed by atoms with E-state index >= 15 is 0 Å². The smallest absolute Gasteiger partial charge is 0.169 e. The van der Waals surface area contributed by atoms with Crippen molar-refractivity contribution in [2.75, 3.05) is 24.7 Å². The second-order valence-corrected chi connectivity index (χ2v) is 6.04. The maximum absolute atomic E-state index is 8.90. The molecule has 148 valence electrons. The molecule has 0 fully saturated rings. The number of hydrogen-bond acceptors (Lipinski definition) is 7. The summed E-state index contributed by atoms with van der Waals surface area (Å²) in [6.07, 6.45) is 5.41. The van der Waals surface area contributed by atoms with Gasteiger partial charge >= 0.3 is 0 Å². The Morgan fingerprint density at radius 2 is 1.96 bits per heavy atom. The summed E-state index contributed by atoms with van der Waals surface area (Å²) in [5.41, 5.74) is 14.4. The highest BCUT2D eigenvalue weighted by atomic mass is 35.5. The molecule has 0 bridgehead atoms. The van der Waals surface area contributed by atoms with E-state index in [1.165, 1.54) is 6.21 Å². The van der Waals surface area contributed by atoms with E-state index in [0.29, 0.717) is 35.1 Å². The summed E-state index contributed by atoms with van der Waals surface area (Å²) in [5, 5.41) is 23.0. The van der Waals surface area contributed by atoms with Gasteiger partial charge in [0, 0.05) is 18.2 Å². The maximum Gasteiger partial charge on any atom is 0.169 e. The lowest BCUT2D eigenvalue weighted by atomic mass is 10.2. The number of aliphatic imine (C=N–C) groups is 1. The fraction of sp³-hybridized carbons (Fsp3) is 0.222. The van der Waals surface area contributed by atoms with Gasteiger partial charge in [-0.3, -0.25) is 5.41 Å². The van der Waals surface area contributed by atoms with Gasteiger partial charge in [-0.25, -0.2) is 14.6 Å². The lowest BCUT2D eigenvalue weighted by Gasteiger charge is -2.14. The number of halogens is 1. The van der Waals surface area contributed by atoms with Gasteiger partial charge in [0.25, 0.3) is 0 Å². The average Bonchev–Trinajstić information content (AvgIpc) is 2.98. The zero-order chi connectivity index (χ0) is 19.4. The highest BCUT2D eigenvalue weighted by Crippen LogP contribution is 2.33. The third kappa shape index (κ3) is 4.76. The summed E-state index contributed by atoms with van der Waals surface area (Å²) in [6.45, 7) is 0.457. The zero-order valence-corrected chi connectivity index (χ0v) is 16.1. The van der Waals surface area contributed by atoms with Crippen molar-refractivity contribution < 1.29 is 26.8 Å². The summed E-state index contributed by atoms with van der Waals surface area (Å²) in [7, 11) is 1.94. The molecule has 6 N–H and O–H groups in total. The number of hydrazone groups is 1. The van der Waals surface area contributed by atoms with Crippen LogP contribution in [0.3, 0.4) is 0 Å². The predicted octanol–water partition coefficient (Wildman–Crippen LogP) is -2.40. The number of nitrogens with one attached hydrogen (secondary N) is 1. The number of amidine groups is 1. The van der Waals surface area contributed by atoms with Crippen molar-refractivity contribution in [1.82, 2.24) is 5.01 Å². The third-order valence-electron chi connectivity index (χ3n) is 3.95. The molecule has 0 aliphatic carbocycles. The van der Waals surface area contributed by atoms with E-state index in [9.17, 15) is 0 Å². The number of nitrogen functional groups attached to an aromatic ring is 2. The molecular formula is C18H22ClN7O2. The number of aryl methyl sites for hydroxylation is 1. The molecule has 0 atom stereocenters. The molecule has 0 unspecified atom stereocenters. The van der Waals surface area contributed by atoms with Gasteiger partial charge in [-0.05, 0) is 11.6 Å². The number of nitrogens with two attached hydrogens (primary N) is 2. The molecule has 1 aliphatic heterocycles. The second kappa shape index (κ2) is 9.16. The highest BCUT2D eigenvalue weighted by molar-refractivity contribution is 6.63. The molecule has 1 aromatic heterocycles. The minimum Gasteiger partial charge on any atom is -1.00 e. The molecule has 0 saturated heterocycles. The highest BCUT2D eigenvalue weighted by Gasteiger charge is 2.21. The summed E-state index contributed by atoms with van der Waals surface area (Å²) in [5.74, 6) is 0.561. The van der Waals surface area contributed by atoms with Gasteiger partial charge in [0.05, 0.1) is 36.4 Å². The number of nitrogens with zero attached hydrogens (tertiary/aromatic N) is 4. The molecule has 0 amide bonds. The number of pyridine rings is 1. The molecule has 0 saturated carbocycles. The van der Waals surface area contributed by atoms with Gasteiger partial charge in [0.2, 0.25) is 0 Å². The van der Waals surface area contributed by atoms with E-state index in [1.807, 2.05) is 36.1 Å². The van der Waals surface area contributed by atoms with Crippen molar-refractivity contribution in [3.05, 3.63) is 42.2 Å². The minimum absolute atomic E-state index is 0. The molecule has 9 nitrogen and oxygen atoms in total. The SMILES string of the molecule is C[n+]1ccc(CN2N=CC(=Nc3cc(OCCO)c(N)cc3N)C2=N)cc1.[Cl-]. The minimum atomic E-state index is -0.128. The Balaban J connectivity index is 0.00000280. The fourth-order valence-corrected chi connectivity index (χ4v) is 2.50. The predicted molar refractivity (Wildman–Crippen MR) is 104 cm³/mol. The van der Waals surface area contributed by atoms with Gasteiger partial charge < -0.3 is 33.7 Å². The van der Waals surface area contributed by atoms with Crippen molar-refractivity contribution in [2.45, 2.75) is 6.54 Å². The first-order valence-electron chi connectivity index (χ1n) is 8.34. The van der Waals surface area contributed by atoms with Crippen LogP contribution in [-0.2, 0) is 13.6 Å². The third-order valence-corrected chi connectivity index (χ3v) is 3.95. The van der Waals surface area contributed by atoms with Crippen LogP contribution in [0.1, 0.15) is 5.56 Å². The van der Waals surface area contributed by atoms with Crippen LogP contribution in [0.4, 0.5) is 17.1 Å². The van der Waals surface area contributed by atoms with Crippen molar-refractivity contribution in [3.63, 3.8) is 0 Å². The number of aromatic nitrogens is 1. The van der Waals surface area contributed by atoms with Gasteiger partial charge in [0.15, 0.2) is 18.2 Å². The maximum atomic E-state index is 8.90. The molecule has 28 heavy (non-hydrogen) atoms. The van der Waals surface area contributed by atoms with Crippen LogP contribution in [0.25, 0.3) is 0 Å². The number of ether oxygens (including phenoxy) is 1. The first-order valence-corrected chi connectivity index (χ1v) is 8.34. The largest absolute Gasteiger partial charge is 1.00 e. The molecule has 0 spiro atoms. The van der Waals surface area contributed by atoms with E-state index in [-0.39, 0.29) is 31.5 Å². The van der Waals surface area contributed by atoms with Crippen LogP contribution < -0.4 is 33.2 Å². The number of aliphatic hydroxyl groups excluding tert-OH is 1. The van der Waals surface area contributed by atoms with Crippen molar-refractivity contribution >= 4 is 34.8 Å². The number of aliphatic hydroxyl groups is 1. The standard InChI is InChI=1S/C18H22N7O2.ClH/c1-24-4-2-12(3-5-24)11-25-18(21)16(10-22-25)23-15-9-17(27-7-6-26)14(20)8-13(15)19;/h2-5,8-10,21,26H,6-7,11,19-20H2,1H3;1H/q+1;/p-1. The van der Waals surface area contributed by atoms with Crippen LogP contribution in [0.2, 0.25) is 0 Å². The molecule has 1 aromatic carbocycles. The number of benzene rings is 1. The van der Waals surface area contributed by atoms with E-state index in [4.69, 9.17) is 26.7 Å². The first kappa shape index (κ1) is 21.1. The van der Waals surface area contributed by atoms with E-state index in [2.05, 4.69) is 10.1 Å². The molecule has 2 aromatic rings. The lowest BCUT2D eigenvalue weighted by Crippen LogP contribution is -3.00. The van der Waals surface area contributed by atoms with E-state index in [0.717, 1.165) is 5.56 Å². The molecule has 3 rings (SSSR count). The van der Waals surface area contributed by atoms with Gasteiger partial charge in [-0.15, -0.1) is 0 Å². The number of rotatable bonds is 6. The Morgan fingerprint density at radius 3 is 2.64 bits per heavy atom. The van der Waals surface area contributed by atoms with Gasteiger partial charge in [-0.2, -0.15) is 5.10 Å². The second-order valence-electron chi connectivity index (χ2n) is 6.04. The molecule has 2 heterocycles. The zero-order valence-electron chi connectivity index (χ0n) is 15.3. The topological polar surface area (TPSA) is 137 Å². The molecular weight excluding hydrogens is 382 g/mol. The number of anilines is 2. The van der Waals surface area contributed by atoms with Crippen LogP contribution in [-0.4, -0.2) is 41.1 Å². The normalized spacial score (nSPS) is 14.4. The van der Waals surface area contributed by atoms with Crippen molar-refractivity contribution in [1.29, 1.82) is 5.41 Å². The van der Waals surface area contributed by atoms with Crippen molar-refractivity contribution in [2.24, 2.45) is 17.1 Å². The van der Waals surface area contributed by atoms with E-state index < -0.39 is 0 Å².